The minimum Gasteiger partial charge on any atom is -0.381 e. The van der Waals surface area contributed by atoms with Gasteiger partial charge in [0.25, 0.3) is 0 Å². The summed E-state index contributed by atoms with van der Waals surface area (Å²) in [7, 11) is 0. The highest BCUT2D eigenvalue weighted by Crippen LogP contribution is 2.26. The molecule has 1 atom stereocenters. The molecule has 0 saturated carbocycles. The SMILES string of the molecule is CCC(Nc1cc(-n2cnnn2)ccc1Cl)C(C)C. The number of hydrogen-bond acceptors (Lipinski definition) is 4. The van der Waals surface area contributed by atoms with Crippen LogP contribution in [0, 0.1) is 5.92 Å². The molecule has 19 heavy (non-hydrogen) atoms. The number of nitrogens with one attached hydrogen (secondary N) is 1. The number of nitrogens with zero attached hydrogens (tertiary/aromatic N) is 4. The molecule has 0 aliphatic carbocycles. The number of halogens is 1. The smallest absolute Gasteiger partial charge is 0.143 e. The van der Waals surface area contributed by atoms with Gasteiger partial charge < -0.3 is 5.32 Å². The van der Waals surface area contributed by atoms with Gasteiger partial charge in [-0.3, -0.25) is 0 Å². The molecule has 0 radical (unpaired) electrons. The standard InChI is InChI=1S/C13H18ClN5/c1-4-12(9(2)3)16-13-7-10(5-6-11(13)14)19-8-15-17-18-19/h5-9,12,16H,4H2,1-3H3. The maximum absolute atomic E-state index is 6.24. The van der Waals surface area contributed by atoms with Crippen molar-refractivity contribution < 1.29 is 0 Å². The van der Waals surface area contributed by atoms with Gasteiger partial charge in [-0.2, -0.15) is 0 Å². The van der Waals surface area contributed by atoms with E-state index in [0.29, 0.717) is 17.0 Å². The molecule has 2 rings (SSSR count). The van der Waals surface area contributed by atoms with E-state index in [-0.39, 0.29) is 0 Å². The lowest BCUT2D eigenvalue weighted by molar-refractivity contribution is 0.511. The van der Waals surface area contributed by atoms with Gasteiger partial charge in [-0.1, -0.05) is 32.4 Å². The fourth-order valence-corrected chi connectivity index (χ4v) is 2.16. The average Bonchev–Trinajstić information content (AvgIpc) is 2.91. The second kappa shape index (κ2) is 6.02. The Morgan fingerprint density at radius 3 is 2.74 bits per heavy atom. The van der Waals surface area contributed by atoms with Gasteiger partial charge in [-0.05, 0) is 41.0 Å². The van der Waals surface area contributed by atoms with E-state index in [4.69, 9.17) is 11.6 Å². The highest BCUT2D eigenvalue weighted by molar-refractivity contribution is 6.33. The maximum atomic E-state index is 6.24. The Bertz CT molecular complexity index is 524. The lowest BCUT2D eigenvalue weighted by atomic mass is 10.0. The monoisotopic (exact) mass is 279 g/mol. The molecular weight excluding hydrogens is 262 g/mol. The summed E-state index contributed by atoms with van der Waals surface area (Å²) in [6, 6.07) is 6.10. The van der Waals surface area contributed by atoms with Crippen LogP contribution in [0.4, 0.5) is 5.69 Å². The zero-order valence-electron chi connectivity index (χ0n) is 11.3. The summed E-state index contributed by atoms with van der Waals surface area (Å²) >= 11 is 6.24. The van der Waals surface area contributed by atoms with Gasteiger partial charge in [-0.15, -0.1) is 5.10 Å². The van der Waals surface area contributed by atoms with Crippen molar-refractivity contribution in [1.82, 2.24) is 20.2 Å². The van der Waals surface area contributed by atoms with Gasteiger partial charge in [0.15, 0.2) is 0 Å². The Kier molecular flexibility index (Phi) is 4.37. The molecule has 2 aromatic rings. The van der Waals surface area contributed by atoms with E-state index in [9.17, 15) is 0 Å². The van der Waals surface area contributed by atoms with Crippen molar-refractivity contribution in [2.75, 3.05) is 5.32 Å². The van der Waals surface area contributed by atoms with Gasteiger partial charge in [0, 0.05) is 6.04 Å². The highest BCUT2D eigenvalue weighted by Gasteiger charge is 2.13. The van der Waals surface area contributed by atoms with E-state index in [1.165, 1.54) is 0 Å². The number of rotatable bonds is 5. The molecule has 0 amide bonds. The minimum absolute atomic E-state index is 0.390. The largest absolute Gasteiger partial charge is 0.381 e. The Balaban J connectivity index is 2.27. The molecule has 6 heteroatoms. The van der Waals surface area contributed by atoms with Crippen molar-refractivity contribution in [1.29, 1.82) is 0 Å². The molecule has 0 fully saturated rings. The highest BCUT2D eigenvalue weighted by atomic mass is 35.5. The van der Waals surface area contributed by atoms with Crippen LogP contribution in [0.3, 0.4) is 0 Å². The number of hydrogen-bond donors (Lipinski definition) is 1. The van der Waals surface area contributed by atoms with Gasteiger partial charge in [0.1, 0.15) is 6.33 Å². The summed E-state index contributed by atoms with van der Waals surface area (Å²) in [4.78, 5) is 0. The van der Waals surface area contributed by atoms with Gasteiger partial charge in [0.2, 0.25) is 0 Å². The van der Waals surface area contributed by atoms with E-state index >= 15 is 0 Å². The molecule has 5 nitrogen and oxygen atoms in total. The average molecular weight is 280 g/mol. The quantitative estimate of drug-likeness (QED) is 0.913. The van der Waals surface area contributed by atoms with Crippen molar-refractivity contribution in [3.8, 4) is 5.69 Å². The molecule has 0 saturated heterocycles. The fourth-order valence-electron chi connectivity index (χ4n) is 1.99. The number of aromatic nitrogens is 4. The van der Waals surface area contributed by atoms with Crippen molar-refractivity contribution in [2.45, 2.75) is 33.2 Å². The number of benzene rings is 1. The molecule has 0 aliphatic heterocycles. The first-order valence-corrected chi connectivity index (χ1v) is 6.79. The third-order valence-corrected chi connectivity index (χ3v) is 3.48. The molecule has 1 N–H and O–H groups in total. The Labute approximate surface area is 118 Å². The molecule has 102 valence electrons. The zero-order valence-corrected chi connectivity index (χ0v) is 12.1. The molecule has 1 unspecified atom stereocenters. The van der Waals surface area contributed by atoms with E-state index in [1.54, 1.807) is 11.0 Å². The number of anilines is 1. The minimum atomic E-state index is 0.390. The third-order valence-electron chi connectivity index (χ3n) is 3.15. The van der Waals surface area contributed by atoms with Crippen LogP contribution >= 0.6 is 11.6 Å². The second-order valence-electron chi connectivity index (χ2n) is 4.82. The second-order valence-corrected chi connectivity index (χ2v) is 5.23. The van der Waals surface area contributed by atoms with Gasteiger partial charge in [-0.25, -0.2) is 4.68 Å². The molecule has 0 bridgehead atoms. The lowest BCUT2D eigenvalue weighted by Gasteiger charge is -2.23. The van der Waals surface area contributed by atoms with Crippen LogP contribution in [-0.2, 0) is 0 Å². The Morgan fingerprint density at radius 1 is 1.37 bits per heavy atom. The van der Waals surface area contributed by atoms with Crippen LogP contribution < -0.4 is 5.32 Å². The normalized spacial score (nSPS) is 12.7. The third kappa shape index (κ3) is 3.23. The Morgan fingerprint density at radius 2 is 2.16 bits per heavy atom. The van der Waals surface area contributed by atoms with Crippen LogP contribution in [0.5, 0.6) is 0 Å². The van der Waals surface area contributed by atoms with Gasteiger partial charge >= 0.3 is 0 Å². The molecule has 1 aromatic carbocycles. The molecule has 1 aromatic heterocycles. The molecule has 1 heterocycles. The van der Waals surface area contributed by atoms with E-state index in [2.05, 4.69) is 41.6 Å². The summed E-state index contributed by atoms with van der Waals surface area (Å²) in [6.07, 6.45) is 2.61. The first-order chi connectivity index (χ1) is 9.11. The lowest BCUT2D eigenvalue weighted by Crippen LogP contribution is -2.24. The Hall–Kier alpha value is -1.62. The maximum Gasteiger partial charge on any atom is 0.143 e. The predicted molar refractivity (Wildman–Crippen MR) is 76.7 cm³/mol. The van der Waals surface area contributed by atoms with Crippen molar-refractivity contribution in [3.63, 3.8) is 0 Å². The molecule has 0 aliphatic rings. The van der Waals surface area contributed by atoms with Crippen LogP contribution in [0.25, 0.3) is 5.69 Å². The molecule has 0 spiro atoms. The summed E-state index contributed by atoms with van der Waals surface area (Å²) < 4.78 is 1.61. The van der Waals surface area contributed by atoms with Crippen LogP contribution in [-0.4, -0.2) is 26.2 Å². The first kappa shape index (κ1) is 13.8. The number of tetrazole rings is 1. The van der Waals surface area contributed by atoms with E-state index in [1.807, 2.05) is 18.2 Å². The zero-order chi connectivity index (χ0) is 13.8. The van der Waals surface area contributed by atoms with Gasteiger partial charge in [0.05, 0.1) is 16.4 Å². The van der Waals surface area contributed by atoms with E-state index < -0.39 is 0 Å². The van der Waals surface area contributed by atoms with E-state index in [0.717, 1.165) is 17.8 Å². The van der Waals surface area contributed by atoms with Crippen LogP contribution in [0.1, 0.15) is 27.2 Å². The first-order valence-electron chi connectivity index (χ1n) is 6.41. The van der Waals surface area contributed by atoms with Crippen LogP contribution in [0.15, 0.2) is 24.5 Å². The molecular formula is C13H18ClN5. The van der Waals surface area contributed by atoms with Crippen LogP contribution in [0.2, 0.25) is 5.02 Å². The summed E-state index contributed by atoms with van der Waals surface area (Å²) in [5, 5.41) is 15.3. The topological polar surface area (TPSA) is 55.6 Å². The summed E-state index contributed by atoms with van der Waals surface area (Å²) in [5.74, 6) is 0.540. The fraction of sp³-hybridized carbons (Fsp3) is 0.462. The summed E-state index contributed by atoms with van der Waals surface area (Å²) in [6.45, 7) is 6.55. The van der Waals surface area contributed by atoms with Crippen molar-refractivity contribution >= 4 is 17.3 Å². The summed E-state index contributed by atoms with van der Waals surface area (Å²) in [5.41, 5.74) is 1.80. The predicted octanol–water partition coefficient (Wildman–Crippen LogP) is 3.16. The van der Waals surface area contributed by atoms with Crippen molar-refractivity contribution in [3.05, 3.63) is 29.5 Å². The van der Waals surface area contributed by atoms with Crippen molar-refractivity contribution in [2.24, 2.45) is 5.92 Å².